The number of hydrogen-bond acceptors (Lipinski definition) is 3. The van der Waals surface area contributed by atoms with E-state index in [0.717, 1.165) is 54.8 Å². The van der Waals surface area contributed by atoms with Gasteiger partial charge in [0.2, 0.25) is 0 Å². The van der Waals surface area contributed by atoms with Gasteiger partial charge in [0.05, 0.1) is 12.7 Å². The quantitative estimate of drug-likeness (QED) is 0.857. The van der Waals surface area contributed by atoms with Gasteiger partial charge in [-0.1, -0.05) is 13.0 Å². The summed E-state index contributed by atoms with van der Waals surface area (Å²) in [6, 6.07) is 4.03. The van der Waals surface area contributed by atoms with E-state index in [2.05, 4.69) is 18.3 Å². The van der Waals surface area contributed by atoms with Gasteiger partial charge in [-0.2, -0.15) is 0 Å². The molecule has 1 aliphatic heterocycles. The monoisotopic (exact) mass is 275 g/mol. The van der Waals surface area contributed by atoms with E-state index in [-0.39, 0.29) is 11.2 Å². The Hall–Kier alpha value is -1.35. The van der Waals surface area contributed by atoms with Crippen molar-refractivity contribution in [2.75, 3.05) is 20.2 Å². The van der Waals surface area contributed by atoms with Crippen LogP contribution in [-0.2, 0) is 0 Å². The highest BCUT2D eigenvalue weighted by Crippen LogP contribution is 2.39. The van der Waals surface area contributed by atoms with Crippen LogP contribution >= 0.6 is 0 Å². The van der Waals surface area contributed by atoms with Gasteiger partial charge < -0.3 is 10.1 Å². The summed E-state index contributed by atoms with van der Waals surface area (Å²) in [7, 11) is 1.64. The number of ether oxygens (including phenoxy) is 1. The van der Waals surface area contributed by atoms with Crippen LogP contribution in [0.25, 0.3) is 0 Å². The second kappa shape index (κ2) is 5.96. The molecule has 2 rings (SSSR count). The molecule has 3 heteroatoms. The number of aryl methyl sites for hydroxylation is 2. The van der Waals surface area contributed by atoms with Gasteiger partial charge in [0.15, 0.2) is 5.78 Å². The van der Waals surface area contributed by atoms with Crippen LogP contribution in [0, 0.1) is 19.3 Å². The van der Waals surface area contributed by atoms with Crippen LogP contribution in [0.15, 0.2) is 12.1 Å². The Balaban J connectivity index is 2.46. The molecule has 0 saturated carbocycles. The maximum Gasteiger partial charge on any atom is 0.173 e. The Morgan fingerprint density at radius 3 is 2.50 bits per heavy atom. The van der Waals surface area contributed by atoms with Crippen molar-refractivity contribution >= 4 is 5.78 Å². The Labute approximate surface area is 121 Å². The second-order valence-corrected chi connectivity index (χ2v) is 5.87. The molecule has 0 radical (unpaired) electrons. The molecule has 0 aliphatic carbocycles. The van der Waals surface area contributed by atoms with E-state index in [0.29, 0.717) is 0 Å². The van der Waals surface area contributed by atoms with Gasteiger partial charge in [-0.3, -0.25) is 4.79 Å². The summed E-state index contributed by atoms with van der Waals surface area (Å²) in [6.45, 7) is 8.01. The number of Topliss-reactive ketones (excluding diaryl/α,β-unsaturated/α-hetero) is 1. The average Bonchev–Trinajstić information content (AvgIpc) is 2.46. The number of benzene rings is 1. The standard InChI is InChI=1S/C17H25NO2/c1-5-17(6-8-18-9-7-17)16(19)15-13(3)10-12(2)11-14(15)20-4/h10-11,18H,5-9H2,1-4H3. The minimum Gasteiger partial charge on any atom is -0.496 e. The number of piperidine rings is 1. The van der Waals surface area contributed by atoms with Crippen molar-refractivity contribution in [1.29, 1.82) is 0 Å². The summed E-state index contributed by atoms with van der Waals surface area (Å²) in [5.74, 6) is 0.981. The average molecular weight is 275 g/mol. The summed E-state index contributed by atoms with van der Waals surface area (Å²) >= 11 is 0. The largest absolute Gasteiger partial charge is 0.496 e. The zero-order valence-corrected chi connectivity index (χ0v) is 13.0. The number of methoxy groups -OCH3 is 1. The summed E-state index contributed by atoms with van der Waals surface area (Å²) in [6.07, 6.45) is 2.72. The third kappa shape index (κ3) is 2.59. The fourth-order valence-corrected chi connectivity index (χ4v) is 3.29. The maximum absolute atomic E-state index is 13.2. The molecule has 0 aromatic heterocycles. The van der Waals surface area contributed by atoms with Crippen molar-refractivity contribution in [2.24, 2.45) is 5.41 Å². The molecular formula is C17H25NO2. The van der Waals surface area contributed by atoms with Gasteiger partial charge in [0.25, 0.3) is 0 Å². The third-order valence-corrected chi connectivity index (χ3v) is 4.61. The Morgan fingerprint density at radius 1 is 1.30 bits per heavy atom. The predicted molar refractivity (Wildman–Crippen MR) is 81.6 cm³/mol. The molecule has 3 nitrogen and oxygen atoms in total. The molecule has 0 unspecified atom stereocenters. The first-order chi connectivity index (χ1) is 9.54. The van der Waals surface area contributed by atoms with E-state index < -0.39 is 0 Å². The van der Waals surface area contributed by atoms with E-state index in [9.17, 15) is 4.79 Å². The first-order valence-corrected chi connectivity index (χ1v) is 7.45. The smallest absolute Gasteiger partial charge is 0.173 e. The van der Waals surface area contributed by atoms with E-state index in [4.69, 9.17) is 4.74 Å². The molecule has 1 aliphatic rings. The predicted octanol–water partition coefficient (Wildman–Crippen LogP) is 3.27. The van der Waals surface area contributed by atoms with Gasteiger partial charge >= 0.3 is 0 Å². The van der Waals surface area contributed by atoms with Crippen molar-refractivity contribution in [1.82, 2.24) is 5.32 Å². The van der Waals surface area contributed by atoms with Crippen LogP contribution in [0.4, 0.5) is 0 Å². The highest BCUT2D eigenvalue weighted by molar-refractivity contribution is 6.04. The lowest BCUT2D eigenvalue weighted by Crippen LogP contribution is -2.42. The van der Waals surface area contributed by atoms with Crippen molar-refractivity contribution in [3.8, 4) is 5.75 Å². The van der Waals surface area contributed by atoms with Gasteiger partial charge in [0.1, 0.15) is 5.75 Å². The highest BCUT2D eigenvalue weighted by atomic mass is 16.5. The van der Waals surface area contributed by atoms with Crippen LogP contribution in [0.2, 0.25) is 0 Å². The SMILES string of the molecule is CCC1(C(=O)c2c(C)cc(C)cc2OC)CCNCC1. The van der Waals surface area contributed by atoms with Gasteiger partial charge in [-0.15, -0.1) is 0 Å². The van der Waals surface area contributed by atoms with Crippen LogP contribution < -0.4 is 10.1 Å². The van der Waals surface area contributed by atoms with E-state index in [1.54, 1.807) is 7.11 Å². The first-order valence-electron chi connectivity index (χ1n) is 7.45. The van der Waals surface area contributed by atoms with Crippen LogP contribution in [0.5, 0.6) is 5.75 Å². The molecule has 1 fully saturated rings. The lowest BCUT2D eigenvalue weighted by atomic mass is 9.70. The Bertz CT molecular complexity index is 502. The number of hydrogen-bond donors (Lipinski definition) is 1. The molecular weight excluding hydrogens is 250 g/mol. The molecule has 0 bridgehead atoms. The molecule has 1 N–H and O–H groups in total. The van der Waals surface area contributed by atoms with Crippen molar-refractivity contribution < 1.29 is 9.53 Å². The first kappa shape index (κ1) is 15.0. The van der Waals surface area contributed by atoms with Crippen LogP contribution in [0.1, 0.15) is 47.7 Å². The number of nitrogens with one attached hydrogen (secondary N) is 1. The number of carbonyl (C=O) groups excluding carboxylic acids is 1. The fraction of sp³-hybridized carbons (Fsp3) is 0.588. The lowest BCUT2D eigenvalue weighted by Gasteiger charge is -2.36. The van der Waals surface area contributed by atoms with Crippen LogP contribution in [0.3, 0.4) is 0 Å². The molecule has 1 heterocycles. The summed E-state index contributed by atoms with van der Waals surface area (Å²) in [5.41, 5.74) is 2.71. The minimum atomic E-state index is -0.224. The maximum atomic E-state index is 13.2. The van der Waals surface area contributed by atoms with Crippen molar-refractivity contribution in [2.45, 2.75) is 40.0 Å². The zero-order valence-electron chi connectivity index (χ0n) is 13.0. The fourth-order valence-electron chi connectivity index (χ4n) is 3.29. The summed E-state index contributed by atoms with van der Waals surface area (Å²) in [5, 5.41) is 3.35. The molecule has 1 aromatic rings. The molecule has 1 aromatic carbocycles. The van der Waals surface area contributed by atoms with Gasteiger partial charge in [-0.25, -0.2) is 0 Å². The van der Waals surface area contributed by atoms with Crippen LogP contribution in [-0.4, -0.2) is 26.0 Å². The molecule has 20 heavy (non-hydrogen) atoms. The number of ketones is 1. The van der Waals surface area contributed by atoms with E-state index in [1.165, 1.54) is 0 Å². The van der Waals surface area contributed by atoms with Gasteiger partial charge in [0, 0.05) is 5.41 Å². The zero-order chi connectivity index (χ0) is 14.8. The minimum absolute atomic E-state index is 0.224. The van der Waals surface area contributed by atoms with E-state index in [1.807, 2.05) is 19.9 Å². The normalized spacial score (nSPS) is 17.8. The van der Waals surface area contributed by atoms with Gasteiger partial charge in [-0.05, 0) is 63.4 Å². The third-order valence-electron chi connectivity index (χ3n) is 4.61. The molecule has 0 atom stereocenters. The lowest BCUT2D eigenvalue weighted by molar-refractivity contribution is 0.0713. The summed E-state index contributed by atoms with van der Waals surface area (Å²) < 4.78 is 5.47. The highest BCUT2D eigenvalue weighted by Gasteiger charge is 2.39. The summed E-state index contributed by atoms with van der Waals surface area (Å²) in [4.78, 5) is 13.2. The number of carbonyl (C=O) groups is 1. The Morgan fingerprint density at radius 2 is 1.95 bits per heavy atom. The van der Waals surface area contributed by atoms with Crippen molar-refractivity contribution in [3.63, 3.8) is 0 Å². The number of rotatable bonds is 4. The molecule has 1 saturated heterocycles. The Kier molecular flexibility index (Phi) is 4.48. The van der Waals surface area contributed by atoms with Crippen molar-refractivity contribution in [3.05, 3.63) is 28.8 Å². The molecule has 0 amide bonds. The molecule has 110 valence electrons. The van der Waals surface area contributed by atoms with E-state index >= 15 is 0 Å². The topological polar surface area (TPSA) is 38.3 Å². The second-order valence-electron chi connectivity index (χ2n) is 5.87. The molecule has 0 spiro atoms.